The first-order valence-electron chi connectivity index (χ1n) is 6.83. The number of hydrogen-bond donors (Lipinski definition) is 1. The first-order valence-corrected chi connectivity index (χ1v) is 7.21. The van der Waals surface area contributed by atoms with Gasteiger partial charge in [-0.05, 0) is 24.0 Å². The molecule has 0 radical (unpaired) electrons. The lowest BCUT2D eigenvalue weighted by Gasteiger charge is -2.27. The van der Waals surface area contributed by atoms with Crippen LogP contribution in [-0.2, 0) is 13.0 Å². The minimum Gasteiger partial charge on any atom is -0.305 e. The Morgan fingerprint density at radius 1 is 1.42 bits per heavy atom. The van der Waals surface area contributed by atoms with Gasteiger partial charge in [0.2, 0.25) is 0 Å². The number of nitrogens with one attached hydrogen (secondary N) is 1. The zero-order valence-electron chi connectivity index (χ0n) is 11.1. The molecule has 0 saturated carbocycles. The molecular weight excluding hydrogens is 258 g/mol. The molecule has 2 aromatic rings. The van der Waals surface area contributed by atoms with Crippen molar-refractivity contribution in [3.05, 3.63) is 52.3 Å². The van der Waals surface area contributed by atoms with E-state index in [0.29, 0.717) is 0 Å². The Balaban J connectivity index is 2.06. The first-order chi connectivity index (χ1) is 9.31. The largest absolute Gasteiger partial charge is 0.305 e. The Morgan fingerprint density at radius 2 is 2.26 bits per heavy atom. The van der Waals surface area contributed by atoms with Crippen molar-refractivity contribution < 1.29 is 0 Å². The van der Waals surface area contributed by atoms with Gasteiger partial charge in [0, 0.05) is 13.1 Å². The molecule has 3 rings (SSSR count). The van der Waals surface area contributed by atoms with Crippen molar-refractivity contribution in [3.8, 4) is 0 Å². The molecule has 1 aliphatic heterocycles. The standard InChI is InChI=1S/C15H18ClN3/c1-2-9-19-15(13(16)10-18-19)14-12-6-4-3-5-11(12)7-8-17-14/h3-6,10,14,17H,2,7-9H2,1H3. The number of nitrogens with zero attached hydrogens (tertiary/aromatic N) is 2. The van der Waals surface area contributed by atoms with Gasteiger partial charge in [0.15, 0.2) is 0 Å². The number of rotatable bonds is 3. The summed E-state index contributed by atoms with van der Waals surface area (Å²) in [6, 6.07) is 8.74. The molecular formula is C15H18ClN3. The number of halogens is 1. The molecule has 0 amide bonds. The van der Waals surface area contributed by atoms with Gasteiger partial charge < -0.3 is 5.32 Å². The Bertz CT molecular complexity index is 577. The molecule has 0 saturated heterocycles. The highest BCUT2D eigenvalue weighted by Gasteiger charge is 2.26. The van der Waals surface area contributed by atoms with Gasteiger partial charge in [0.25, 0.3) is 0 Å². The number of benzene rings is 1. The van der Waals surface area contributed by atoms with Crippen molar-refractivity contribution in [1.82, 2.24) is 15.1 Å². The van der Waals surface area contributed by atoms with Crippen molar-refractivity contribution >= 4 is 11.6 Å². The maximum absolute atomic E-state index is 6.36. The molecule has 1 N–H and O–H groups in total. The van der Waals surface area contributed by atoms with Crippen LogP contribution in [0.4, 0.5) is 0 Å². The van der Waals surface area contributed by atoms with Gasteiger partial charge in [0.1, 0.15) is 0 Å². The summed E-state index contributed by atoms with van der Waals surface area (Å²) in [6.07, 6.45) is 3.89. The fraction of sp³-hybridized carbons (Fsp3) is 0.400. The molecule has 4 heteroatoms. The molecule has 0 aliphatic carbocycles. The van der Waals surface area contributed by atoms with Crippen LogP contribution in [0, 0.1) is 0 Å². The zero-order chi connectivity index (χ0) is 13.2. The van der Waals surface area contributed by atoms with E-state index in [2.05, 4.69) is 41.6 Å². The van der Waals surface area contributed by atoms with E-state index in [1.807, 2.05) is 4.68 Å². The molecule has 1 aromatic heterocycles. The molecule has 1 aromatic carbocycles. The average molecular weight is 276 g/mol. The lowest BCUT2D eigenvalue weighted by atomic mass is 9.92. The van der Waals surface area contributed by atoms with Gasteiger partial charge in [-0.2, -0.15) is 5.10 Å². The summed E-state index contributed by atoms with van der Waals surface area (Å²) in [4.78, 5) is 0. The van der Waals surface area contributed by atoms with Gasteiger partial charge in [0.05, 0.1) is 23.0 Å². The van der Waals surface area contributed by atoms with E-state index in [-0.39, 0.29) is 6.04 Å². The van der Waals surface area contributed by atoms with Gasteiger partial charge in [-0.3, -0.25) is 4.68 Å². The fourth-order valence-electron chi connectivity index (χ4n) is 2.80. The Kier molecular flexibility index (Phi) is 3.58. The number of aromatic nitrogens is 2. The predicted molar refractivity (Wildman–Crippen MR) is 77.5 cm³/mol. The maximum Gasteiger partial charge on any atom is 0.0837 e. The minimum absolute atomic E-state index is 0.159. The zero-order valence-corrected chi connectivity index (χ0v) is 11.8. The lowest BCUT2D eigenvalue weighted by molar-refractivity contribution is 0.497. The van der Waals surface area contributed by atoms with Gasteiger partial charge in [-0.25, -0.2) is 0 Å². The topological polar surface area (TPSA) is 29.9 Å². The molecule has 3 nitrogen and oxygen atoms in total. The third-order valence-electron chi connectivity index (χ3n) is 3.65. The van der Waals surface area contributed by atoms with Crippen LogP contribution in [0.1, 0.15) is 36.2 Å². The van der Waals surface area contributed by atoms with Crippen LogP contribution in [0.3, 0.4) is 0 Å². The molecule has 1 unspecified atom stereocenters. The third-order valence-corrected chi connectivity index (χ3v) is 3.94. The van der Waals surface area contributed by atoms with Crippen LogP contribution in [0.25, 0.3) is 0 Å². The predicted octanol–water partition coefficient (Wildman–Crippen LogP) is 3.18. The molecule has 19 heavy (non-hydrogen) atoms. The summed E-state index contributed by atoms with van der Waals surface area (Å²) in [5.41, 5.74) is 3.83. The number of fused-ring (bicyclic) bond motifs is 1. The smallest absolute Gasteiger partial charge is 0.0837 e. The molecule has 100 valence electrons. The fourth-order valence-corrected chi connectivity index (χ4v) is 3.05. The summed E-state index contributed by atoms with van der Waals surface area (Å²) in [5.74, 6) is 0. The van der Waals surface area contributed by atoms with Crippen molar-refractivity contribution in [2.24, 2.45) is 0 Å². The summed E-state index contributed by atoms with van der Waals surface area (Å²) >= 11 is 6.36. The first kappa shape index (κ1) is 12.7. The second-order valence-electron chi connectivity index (χ2n) is 4.94. The number of hydrogen-bond acceptors (Lipinski definition) is 2. The van der Waals surface area contributed by atoms with Gasteiger partial charge >= 0.3 is 0 Å². The number of aryl methyl sites for hydroxylation is 1. The Morgan fingerprint density at radius 3 is 3.11 bits per heavy atom. The maximum atomic E-state index is 6.36. The summed E-state index contributed by atoms with van der Waals surface area (Å²) in [5, 5.41) is 8.72. The Labute approximate surface area is 118 Å². The second-order valence-corrected chi connectivity index (χ2v) is 5.34. The van der Waals surface area contributed by atoms with E-state index in [4.69, 9.17) is 11.6 Å². The van der Waals surface area contributed by atoms with E-state index in [1.54, 1.807) is 6.20 Å². The van der Waals surface area contributed by atoms with Crippen LogP contribution in [0.5, 0.6) is 0 Å². The van der Waals surface area contributed by atoms with Crippen molar-refractivity contribution in [2.75, 3.05) is 6.54 Å². The van der Waals surface area contributed by atoms with Crippen LogP contribution >= 0.6 is 11.6 Å². The van der Waals surface area contributed by atoms with E-state index in [1.165, 1.54) is 11.1 Å². The molecule has 0 fully saturated rings. The molecule has 2 heterocycles. The Hall–Kier alpha value is -1.32. The highest BCUT2D eigenvalue weighted by atomic mass is 35.5. The highest BCUT2D eigenvalue weighted by molar-refractivity contribution is 6.31. The van der Waals surface area contributed by atoms with Gasteiger partial charge in [-0.1, -0.05) is 42.8 Å². The van der Waals surface area contributed by atoms with Crippen molar-refractivity contribution in [3.63, 3.8) is 0 Å². The average Bonchev–Trinajstić information content (AvgIpc) is 2.80. The highest BCUT2D eigenvalue weighted by Crippen LogP contribution is 2.32. The minimum atomic E-state index is 0.159. The van der Waals surface area contributed by atoms with Crippen molar-refractivity contribution in [2.45, 2.75) is 32.4 Å². The van der Waals surface area contributed by atoms with Crippen molar-refractivity contribution in [1.29, 1.82) is 0 Å². The molecule has 0 bridgehead atoms. The molecule has 0 spiro atoms. The normalized spacial score (nSPS) is 18.3. The summed E-state index contributed by atoms with van der Waals surface area (Å²) < 4.78 is 2.03. The van der Waals surface area contributed by atoms with Crippen LogP contribution < -0.4 is 5.32 Å². The summed E-state index contributed by atoms with van der Waals surface area (Å²) in [6.45, 7) is 4.04. The molecule has 1 atom stereocenters. The van der Waals surface area contributed by atoms with Crippen LogP contribution in [0.2, 0.25) is 5.02 Å². The van der Waals surface area contributed by atoms with E-state index in [0.717, 1.165) is 36.6 Å². The monoisotopic (exact) mass is 275 g/mol. The van der Waals surface area contributed by atoms with E-state index in [9.17, 15) is 0 Å². The second kappa shape index (κ2) is 5.35. The third kappa shape index (κ3) is 2.28. The van der Waals surface area contributed by atoms with Gasteiger partial charge in [-0.15, -0.1) is 0 Å². The molecule has 1 aliphatic rings. The van der Waals surface area contributed by atoms with E-state index >= 15 is 0 Å². The SMILES string of the molecule is CCCn1ncc(Cl)c1C1NCCc2ccccc21. The quantitative estimate of drug-likeness (QED) is 0.932. The van der Waals surface area contributed by atoms with Crippen LogP contribution in [-0.4, -0.2) is 16.3 Å². The van der Waals surface area contributed by atoms with E-state index < -0.39 is 0 Å². The summed E-state index contributed by atoms with van der Waals surface area (Å²) in [7, 11) is 0. The lowest BCUT2D eigenvalue weighted by Crippen LogP contribution is -2.32. The van der Waals surface area contributed by atoms with Crippen LogP contribution in [0.15, 0.2) is 30.5 Å².